The lowest BCUT2D eigenvalue weighted by molar-refractivity contribution is 0.457. The molecule has 0 saturated carbocycles. The van der Waals surface area contributed by atoms with E-state index in [2.05, 4.69) is 4.98 Å². The van der Waals surface area contributed by atoms with Crippen LogP contribution < -0.4 is 10.5 Å². The molecule has 2 aromatic heterocycles. The predicted octanol–water partition coefficient (Wildman–Crippen LogP) is 3.08. The molecule has 3 rings (SSSR count). The van der Waals surface area contributed by atoms with Crippen LogP contribution in [0.5, 0.6) is 11.6 Å². The van der Waals surface area contributed by atoms with Crippen LogP contribution in [0.4, 0.5) is 4.39 Å². The van der Waals surface area contributed by atoms with Gasteiger partial charge in [-0.1, -0.05) is 6.07 Å². The zero-order chi connectivity index (χ0) is 14.8. The molecule has 2 heterocycles. The Morgan fingerprint density at radius 2 is 2.14 bits per heavy atom. The summed E-state index contributed by atoms with van der Waals surface area (Å²) in [5.74, 6) is 0.827. The van der Waals surface area contributed by atoms with Crippen molar-refractivity contribution in [2.45, 2.75) is 13.3 Å². The van der Waals surface area contributed by atoms with Crippen molar-refractivity contribution in [1.82, 2.24) is 9.38 Å². The minimum atomic E-state index is -0.250. The molecule has 0 aliphatic heterocycles. The molecular weight excluding hydrogens is 269 g/mol. The number of ether oxygens (including phenoxy) is 1. The first kappa shape index (κ1) is 13.6. The van der Waals surface area contributed by atoms with Gasteiger partial charge >= 0.3 is 0 Å². The number of imidazole rings is 1. The van der Waals surface area contributed by atoms with Gasteiger partial charge in [-0.3, -0.25) is 0 Å². The molecule has 0 spiro atoms. The molecule has 3 aromatic rings. The van der Waals surface area contributed by atoms with Crippen molar-refractivity contribution in [3.8, 4) is 11.6 Å². The van der Waals surface area contributed by atoms with Crippen molar-refractivity contribution in [2.24, 2.45) is 5.73 Å². The number of aromatic nitrogens is 2. The van der Waals surface area contributed by atoms with E-state index in [-0.39, 0.29) is 5.82 Å². The number of hydrogen-bond acceptors (Lipinski definition) is 3. The number of nitrogens with two attached hydrogens (primary N) is 1. The highest BCUT2D eigenvalue weighted by Crippen LogP contribution is 2.27. The maximum Gasteiger partial charge on any atom is 0.241 e. The normalized spacial score (nSPS) is 11.0. The monoisotopic (exact) mass is 285 g/mol. The molecule has 0 saturated heterocycles. The van der Waals surface area contributed by atoms with Gasteiger partial charge in [0.15, 0.2) is 0 Å². The summed E-state index contributed by atoms with van der Waals surface area (Å²) in [4.78, 5) is 4.47. The quantitative estimate of drug-likeness (QED) is 0.801. The lowest BCUT2D eigenvalue weighted by Gasteiger charge is -2.07. The largest absolute Gasteiger partial charge is 0.437 e. The van der Waals surface area contributed by atoms with E-state index < -0.39 is 0 Å². The smallest absolute Gasteiger partial charge is 0.241 e. The lowest BCUT2D eigenvalue weighted by atomic mass is 10.2. The van der Waals surface area contributed by atoms with Gasteiger partial charge in [0.1, 0.15) is 17.2 Å². The number of hydrogen-bond donors (Lipinski definition) is 1. The maximum atomic E-state index is 13.3. The van der Waals surface area contributed by atoms with Crippen molar-refractivity contribution in [1.29, 1.82) is 0 Å². The summed E-state index contributed by atoms with van der Waals surface area (Å²) in [6, 6.07) is 10.4. The first-order valence-corrected chi connectivity index (χ1v) is 6.79. The second-order valence-corrected chi connectivity index (χ2v) is 4.84. The van der Waals surface area contributed by atoms with Gasteiger partial charge in [-0.15, -0.1) is 0 Å². The van der Waals surface area contributed by atoms with Crippen LogP contribution in [0, 0.1) is 12.7 Å². The number of benzene rings is 1. The average molecular weight is 285 g/mol. The molecule has 0 amide bonds. The Morgan fingerprint density at radius 1 is 1.29 bits per heavy atom. The van der Waals surface area contributed by atoms with Crippen LogP contribution in [0.2, 0.25) is 0 Å². The molecule has 4 nitrogen and oxygen atoms in total. The predicted molar refractivity (Wildman–Crippen MR) is 79.2 cm³/mol. The van der Waals surface area contributed by atoms with E-state index >= 15 is 0 Å². The summed E-state index contributed by atoms with van der Waals surface area (Å²) >= 11 is 0. The summed E-state index contributed by atoms with van der Waals surface area (Å²) in [7, 11) is 0. The fraction of sp³-hybridized carbons (Fsp3) is 0.188. The Hall–Kier alpha value is -2.40. The summed E-state index contributed by atoms with van der Waals surface area (Å²) in [6.07, 6.45) is 2.58. The van der Waals surface area contributed by atoms with Crippen LogP contribution in [-0.4, -0.2) is 15.9 Å². The van der Waals surface area contributed by atoms with Gasteiger partial charge in [-0.25, -0.2) is 4.39 Å². The van der Waals surface area contributed by atoms with Gasteiger partial charge in [0.25, 0.3) is 0 Å². The van der Waals surface area contributed by atoms with E-state index in [9.17, 15) is 4.39 Å². The number of halogens is 1. The molecule has 5 heteroatoms. The fourth-order valence-electron chi connectivity index (χ4n) is 2.26. The highest BCUT2D eigenvalue weighted by Gasteiger charge is 2.13. The van der Waals surface area contributed by atoms with E-state index in [4.69, 9.17) is 10.5 Å². The van der Waals surface area contributed by atoms with E-state index in [0.29, 0.717) is 30.2 Å². The fourth-order valence-corrected chi connectivity index (χ4v) is 2.26. The second kappa shape index (κ2) is 5.54. The molecule has 0 aliphatic rings. The molecule has 1 aromatic carbocycles. The Bertz CT molecular complexity index is 782. The van der Waals surface area contributed by atoms with Gasteiger partial charge < -0.3 is 14.9 Å². The molecule has 21 heavy (non-hydrogen) atoms. The number of aryl methyl sites for hydroxylation is 1. The van der Waals surface area contributed by atoms with Crippen LogP contribution in [0.15, 0.2) is 42.6 Å². The van der Waals surface area contributed by atoms with Crippen LogP contribution >= 0.6 is 0 Å². The van der Waals surface area contributed by atoms with E-state index in [1.54, 1.807) is 19.1 Å². The third kappa shape index (κ3) is 2.60. The first-order valence-electron chi connectivity index (χ1n) is 6.79. The summed E-state index contributed by atoms with van der Waals surface area (Å²) in [6.45, 7) is 2.20. The van der Waals surface area contributed by atoms with Crippen LogP contribution in [-0.2, 0) is 6.42 Å². The standard InChI is InChI=1S/C16H16FN3O/c1-11-10-12(5-6-13(11)17)21-16-14(7-8-18)20-9-3-2-4-15(20)19-16/h2-6,9-10H,7-8,18H2,1H3. The van der Waals surface area contributed by atoms with Crippen molar-refractivity contribution in [3.63, 3.8) is 0 Å². The molecule has 0 bridgehead atoms. The zero-order valence-corrected chi connectivity index (χ0v) is 11.7. The van der Waals surface area contributed by atoms with E-state index in [0.717, 1.165) is 11.3 Å². The molecule has 0 atom stereocenters. The van der Waals surface area contributed by atoms with Crippen molar-refractivity contribution >= 4 is 5.65 Å². The second-order valence-electron chi connectivity index (χ2n) is 4.84. The van der Waals surface area contributed by atoms with Crippen LogP contribution in [0.25, 0.3) is 5.65 Å². The maximum absolute atomic E-state index is 13.3. The minimum absolute atomic E-state index is 0.250. The van der Waals surface area contributed by atoms with Gasteiger partial charge in [0.2, 0.25) is 5.88 Å². The Kier molecular flexibility index (Phi) is 3.58. The van der Waals surface area contributed by atoms with Crippen molar-refractivity contribution in [2.75, 3.05) is 6.54 Å². The lowest BCUT2D eigenvalue weighted by Crippen LogP contribution is -2.06. The number of rotatable bonds is 4. The average Bonchev–Trinajstić information content (AvgIpc) is 2.81. The number of fused-ring (bicyclic) bond motifs is 1. The molecule has 0 radical (unpaired) electrons. The van der Waals surface area contributed by atoms with Crippen molar-refractivity contribution in [3.05, 3.63) is 59.7 Å². The van der Waals surface area contributed by atoms with Gasteiger partial charge in [0, 0.05) is 12.6 Å². The number of pyridine rings is 1. The number of nitrogens with zero attached hydrogens (tertiary/aromatic N) is 2. The minimum Gasteiger partial charge on any atom is -0.437 e. The zero-order valence-electron chi connectivity index (χ0n) is 11.7. The Morgan fingerprint density at radius 3 is 2.90 bits per heavy atom. The van der Waals surface area contributed by atoms with Crippen LogP contribution in [0.3, 0.4) is 0 Å². The molecule has 2 N–H and O–H groups in total. The van der Waals surface area contributed by atoms with Crippen molar-refractivity contribution < 1.29 is 9.13 Å². The van der Waals surface area contributed by atoms with Gasteiger partial charge in [-0.05, 0) is 49.4 Å². The third-order valence-corrected chi connectivity index (χ3v) is 3.32. The van der Waals surface area contributed by atoms with E-state index in [1.165, 1.54) is 6.07 Å². The molecule has 0 fully saturated rings. The molecule has 108 valence electrons. The van der Waals surface area contributed by atoms with Crippen LogP contribution in [0.1, 0.15) is 11.3 Å². The highest BCUT2D eigenvalue weighted by molar-refractivity contribution is 5.47. The molecule has 0 unspecified atom stereocenters. The van der Waals surface area contributed by atoms with Gasteiger partial charge in [0.05, 0.1) is 5.69 Å². The third-order valence-electron chi connectivity index (χ3n) is 3.32. The summed E-state index contributed by atoms with van der Waals surface area (Å²) < 4.78 is 21.1. The van der Waals surface area contributed by atoms with Gasteiger partial charge in [-0.2, -0.15) is 4.98 Å². The first-order chi connectivity index (χ1) is 10.2. The Balaban J connectivity index is 2.02. The molecular formula is C16H16FN3O. The Labute approximate surface area is 122 Å². The topological polar surface area (TPSA) is 52.5 Å². The summed E-state index contributed by atoms with van der Waals surface area (Å²) in [5, 5.41) is 0. The van der Waals surface area contributed by atoms with E-state index in [1.807, 2.05) is 28.8 Å². The summed E-state index contributed by atoms with van der Waals surface area (Å²) in [5.41, 5.74) is 7.92. The SMILES string of the molecule is Cc1cc(Oc2nc3ccccn3c2CCN)ccc1F. The molecule has 0 aliphatic carbocycles. The highest BCUT2D eigenvalue weighted by atomic mass is 19.1.